The third kappa shape index (κ3) is 3.13. The van der Waals surface area contributed by atoms with E-state index < -0.39 is 0 Å². The molecule has 0 bridgehead atoms. The first kappa shape index (κ1) is 14.6. The highest BCUT2D eigenvalue weighted by Crippen LogP contribution is 2.36. The SMILES string of the molecule is COC(=O)c1ccccc1CN1CCCC1C1CCCC1. The number of hydrogen-bond donors (Lipinski definition) is 0. The predicted octanol–water partition coefficient (Wildman–Crippen LogP) is 3.63. The number of carbonyl (C=O) groups is 1. The van der Waals surface area contributed by atoms with Crippen LogP contribution in [0.1, 0.15) is 54.4 Å². The normalized spacial score (nSPS) is 23.6. The Bertz CT molecular complexity index is 494. The summed E-state index contributed by atoms with van der Waals surface area (Å²) in [5.74, 6) is 0.653. The number of carbonyl (C=O) groups excluding carboxylic acids is 1. The van der Waals surface area contributed by atoms with E-state index >= 15 is 0 Å². The van der Waals surface area contributed by atoms with Gasteiger partial charge in [-0.15, -0.1) is 0 Å². The maximum atomic E-state index is 11.9. The van der Waals surface area contributed by atoms with Crippen molar-refractivity contribution in [1.82, 2.24) is 4.90 Å². The van der Waals surface area contributed by atoms with Gasteiger partial charge in [-0.2, -0.15) is 0 Å². The van der Waals surface area contributed by atoms with Crippen LogP contribution in [0.5, 0.6) is 0 Å². The molecule has 3 nitrogen and oxygen atoms in total. The van der Waals surface area contributed by atoms with Gasteiger partial charge in [0.1, 0.15) is 0 Å². The first-order chi connectivity index (χ1) is 10.3. The van der Waals surface area contributed by atoms with Crippen molar-refractivity contribution in [2.45, 2.75) is 51.1 Å². The molecule has 1 unspecified atom stereocenters. The van der Waals surface area contributed by atoms with Gasteiger partial charge in [0.25, 0.3) is 0 Å². The van der Waals surface area contributed by atoms with Crippen molar-refractivity contribution in [3.8, 4) is 0 Å². The highest BCUT2D eigenvalue weighted by Gasteiger charge is 2.33. The van der Waals surface area contributed by atoms with Crippen LogP contribution in [0.25, 0.3) is 0 Å². The summed E-state index contributed by atoms with van der Waals surface area (Å²) in [6.45, 7) is 2.04. The van der Waals surface area contributed by atoms with Gasteiger partial charge in [-0.25, -0.2) is 4.79 Å². The zero-order valence-electron chi connectivity index (χ0n) is 12.9. The summed E-state index contributed by atoms with van der Waals surface area (Å²) in [6.07, 6.45) is 8.19. The van der Waals surface area contributed by atoms with E-state index in [-0.39, 0.29) is 5.97 Å². The van der Waals surface area contributed by atoms with Crippen molar-refractivity contribution in [2.75, 3.05) is 13.7 Å². The standard InChI is InChI=1S/C18H25NO2/c1-21-18(20)16-10-5-4-9-15(16)13-19-12-6-11-17(19)14-7-2-3-8-14/h4-5,9-10,14,17H,2-3,6-8,11-13H2,1H3. The molecule has 1 aliphatic carbocycles. The minimum Gasteiger partial charge on any atom is -0.465 e. The average Bonchev–Trinajstić information content (AvgIpc) is 3.17. The van der Waals surface area contributed by atoms with Gasteiger partial charge in [0, 0.05) is 12.6 Å². The van der Waals surface area contributed by atoms with E-state index in [0.717, 1.165) is 36.2 Å². The van der Waals surface area contributed by atoms with Crippen LogP contribution < -0.4 is 0 Å². The molecular weight excluding hydrogens is 262 g/mol. The Morgan fingerprint density at radius 2 is 1.95 bits per heavy atom. The molecule has 0 radical (unpaired) electrons. The maximum absolute atomic E-state index is 11.9. The molecule has 1 saturated heterocycles. The minimum absolute atomic E-state index is 0.220. The van der Waals surface area contributed by atoms with Crippen LogP contribution in [-0.4, -0.2) is 30.6 Å². The predicted molar refractivity (Wildman–Crippen MR) is 83.2 cm³/mol. The van der Waals surface area contributed by atoms with Crippen LogP contribution in [0.2, 0.25) is 0 Å². The number of hydrogen-bond acceptors (Lipinski definition) is 3. The van der Waals surface area contributed by atoms with E-state index in [4.69, 9.17) is 4.74 Å². The number of rotatable bonds is 4. The quantitative estimate of drug-likeness (QED) is 0.792. The van der Waals surface area contributed by atoms with Crippen LogP contribution >= 0.6 is 0 Å². The second kappa shape index (κ2) is 6.61. The molecule has 2 fully saturated rings. The summed E-state index contributed by atoms with van der Waals surface area (Å²) >= 11 is 0. The summed E-state index contributed by atoms with van der Waals surface area (Å²) in [5, 5.41) is 0. The van der Waals surface area contributed by atoms with Crippen LogP contribution in [0.4, 0.5) is 0 Å². The van der Waals surface area contributed by atoms with Crippen molar-refractivity contribution in [3.05, 3.63) is 35.4 Å². The first-order valence-corrected chi connectivity index (χ1v) is 8.20. The van der Waals surface area contributed by atoms with Crippen molar-refractivity contribution in [3.63, 3.8) is 0 Å². The Kier molecular flexibility index (Phi) is 4.59. The van der Waals surface area contributed by atoms with Gasteiger partial charge in [0.05, 0.1) is 12.7 Å². The molecule has 1 aromatic rings. The summed E-state index contributed by atoms with van der Waals surface area (Å²) in [7, 11) is 1.45. The Morgan fingerprint density at radius 3 is 2.71 bits per heavy atom. The molecule has 0 aromatic heterocycles. The largest absolute Gasteiger partial charge is 0.465 e. The topological polar surface area (TPSA) is 29.5 Å². The van der Waals surface area contributed by atoms with Crippen LogP contribution in [-0.2, 0) is 11.3 Å². The van der Waals surface area contributed by atoms with Crippen molar-refractivity contribution in [1.29, 1.82) is 0 Å². The van der Waals surface area contributed by atoms with E-state index in [0.29, 0.717) is 0 Å². The smallest absolute Gasteiger partial charge is 0.338 e. The number of methoxy groups -OCH3 is 1. The number of esters is 1. The fourth-order valence-electron chi connectivity index (χ4n) is 4.11. The zero-order chi connectivity index (χ0) is 14.7. The lowest BCUT2D eigenvalue weighted by Crippen LogP contribution is -2.34. The van der Waals surface area contributed by atoms with Crippen LogP contribution in [0.15, 0.2) is 24.3 Å². The fourth-order valence-corrected chi connectivity index (χ4v) is 4.11. The van der Waals surface area contributed by atoms with E-state index in [2.05, 4.69) is 11.0 Å². The molecule has 0 spiro atoms. The molecule has 1 saturated carbocycles. The molecule has 3 heteroatoms. The molecule has 0 N–H and O–H groups in total. The monoisotopic (exact) mass is 287 g/mol. The van der Waals surface area contributed by atoms with Gasteiger partial charge in [-0.3, -0.25) is 4.90 Å². The fraction of sp³-hybridized carbons (Fsp3) is 0.611. The number of ether oxygens (including phenoxy) is 1. The molecule has 21 heavy (non-hydrogen) atoms. The Labute approximate surface area is 127 Å². The highest BCUT2D eigenvalue weighted by molar-refractivity contribution is 5.90. The molecule has 114 valence electrons. The average molecular weight is 287 g/mol. The minimum atomic E-state index is -0.220. The van der Waals surface area contributed by atoms with Gasteiger partial charge in [0.15, 0.2) is 0 Å². The first-order valence-electron chi connectivity index (χ1n) is 8.20. The molecule has 1 aromatic carbocycles. The molecule has 2 aliphatic rings. The van der Waals surface area contributed by atoms with E-state index in [9.17, 15) is 4.79 Å². The van der Waals surface area contributed by atoms with Gasteiger partial charge in [-0.05, 0) is 49.8 Å². The van der Waals surface area contributed by atoms with Gasteiger partial charge < -0.3 is 4.74 Å². The lowest BCUT2D eigenvalue weighted by molar-refractivity contribution is 0.0597. The number of nitrogens with zero attached hydrogens (tertiary/aromatic N) is 1. The zero-order valence-corrected chi connectivity index (χ0v) is 12.9. The second-order valence-corrected chi connectivity index (χ2v) is 6.37. The maximum Gasteiger partial charge on any atom is 0.338 e. The third-order valence-corrected chi connectivity index (χ3v) is 5.15. The Balaban J connectivity index is 1.75. The molecule has 3 rings (SSSR count). The summed E-state index contributed by atoms with van der Waals surface area (Å²) in [5.41, 5.74) is 1.83. The van der Waals surface area contributed by atoms with Gasteiger partial charge >= 0.3 is 5.97 Å². The van der Waals surface area contributed by atoms with Crippen LogP contribution in [0, 0.1) is 5.92 Å². The van der Waals surface area contributed by atoms with Crippen LogP contribution in [0.3, 0.4) is 0 Å². The third-order valence-electron chi connectivity index (χ3n) is 5.15. The number of benzene rings is 1. The van der Waals surface area contributed by atoms with Crippen molar-refractivity contribution >= 4 is 5.97 Å². The Morgan fingerprint density at radius 1 is 1.19 bits per heavy atom. The molecule has 0 amide bonds. The van der Waals surface area contributed by atoms with E-state index in [1.807, 2.05) is 18.2 Å². The summed E-state index contributed by atoms with van der Waals surface area (Å²) in [4.78, 5) is 14.5. The lowest BCUT2D eigenvalue weighted by Gasteiger charge is -2.29. The molecule has 1 atom stereocenters. The number of likely N-dealkylation sites (tertiary alicyclic amines) is 1. The summed E-state index contributed by atoms with van der Waals surface area (Å²) in [6, 6.07) is 8.59. The highest BCUT2D eigenvalue weighted by atomic mass is 16.5. The second-order valence-electron chi connectivity index (χ2n) is 6.37. The van der Waals surface area contributed by atoms with Crippen molar-refractivity contribution in [2.24, 2.45) is 5.92 Å². The van der Waals surface area contributed by atoms with E-state index in [1.54, 1.807) is 0 Å². The Hall–Kier alpha value is -1.35. The van der Waals surface area contributed by atoms with E-state index in [1.165, 1.54) is 45.6 Å². The summed E-state index contributed by atoms with van der Waals surface area (Å²) < 4.78 is 4.91. The van der Waals surface area contributed by atoms with Gasteiger partial charge in [0.2, 0.25) is 0 Å². The van der Waals surface area contributed by atoms with Gasteiger partial charge in [-0.1, -0.05) is 31.0 Å². The molecule has 1 aliphatic heterocycles. The molecule has 1 heterocycles. The lowest BCUT2D eigenvalue weighted by atomic mass is 9.95. The molecular formula is C18H25NO2. The van der Waals surface area contributed by atoms with Crippen molar-refractivity contribution < 1.29 is 9.53 Å².